The van der Waals surface area contributed by atoms with Crippen molar-refractivity contribution >= 4 is 17.4 Å². The van der Waals surface area contributed by atoms with Crippen LogP contribution in [0.25, 0.3) is 11.1 Å². The second kappa shape index (κ2) is 3.89. The zero-order chi connectivity index (χ0) is 12.7. The minimum absolute atomic E-state index is 0.0869. The molecule has 4 nitrogen and oxygen atoms in total. The fourth-order valence-corrected chi connectivity index (χ4v) is 1.66. The van der Waals surface area contributed by atoms with Crippen LogP contribution in [-0.4, -0.2) is 14.9 Å². The van der Waals surface area contributed by atoms with Gasteiger partial charge in [-0.1, -0.05) is 11.6 Å². The minimum Gasteiger partial charge on any atom is -0.506 e. The first-order valence-corrected chi connectivity index (χ1v) is 4.95. The zero-order valence-corrected chi connectivity index (χ0v) is 9.46. The third-order valence-corrected chi connectivity index (χ3v) is 2.69. The lowest BCUT2D eigenvalue weighted by atomic mass is 10.1. The predicted molar refractivity (Wildman–Crippen MR) is 59.6 cm³/mol. The van der Waals surface area contributed by atoms with Gasteiger partial charge in [0.1, 0.15) is 11.6 Å². The largest absolute Gasteiger partial charge is 0.506 e. The van der Waals surface area contributed by atoms with Crippen LogP contribution in [-0.2, 0) is 7.05 Å². The van der Waals surface area contributed by atoms with Gasteiger partial charge in [-0.25, -0.2) is 8.78 Å². The van der Waals surface area contributed by atoms with Gasteiger partial charge in [-0.3, -0.25) is 4.68 Å². The number of aryl methyl sites for hydroxylation is 1. The maximum absolute atomic E-state index is 13.6. The van der Waals surface area contributed by atoms with Crippen molar-refractivity contribution in [1.29, 1.82) is 0 Å². The summed E-state index contributed by atoms with van der Waals surface area (Å²) in [6, 6.07) is 0.697. The van der Waals surface area contributed by atoms with Crippen molar-refractivity contribution in [1.82, 2.24) is 9.78 Å². The second-order valence-electron chi connectivity index (χ2n) is 3.44. The fourth-order valence-electron chi connectivity index (χ4n) is 1.47. The monoisotopic (exact) mass is 259 g/mol. The van der Waals surface area contributed by atoms with E-state index in [-0.39, 0.29) is 22.0 Å². The number of anilines is 1. The Morgan fingerprint density at radius 3 is 2.65 bits per heavy atom. The lowest BCUT2D eigenvalue weighted by molar-refractivity contribution is 0.459. The van der Waals surface area contributed by atoms with Crippen LogP contribution in [0.2, 0.25) is 5.02 Å². The molecule has 17 heavy (non-hydrogen) atoms. The number of benzene rings is 1. The first-order valence-electron chi connectivity index (χ1n) is 4.57. The average Bonchev–Trinajstić information content (AvgIpc) is 2.59. The molecule has 2 rings (SSSR count). The molecule has 3 N–H and O–H groups in total. The van der Waals surface area contributed by atoms with E-state index in [1.165, 1.54) is 17.9 Å². The van der Waals surface area contributed by atoms with Crippen LogP contribution in [0, 0.1) is 11.6 Å². The van der Waals surface area contributed by atoms with E-state index < -0.39 is 17.4 Å². The maximum atomic E-state index is 13.6. The van der Waals surface area contributed by atoms with E-state index in [1.807, 2.05) is 0 Å². The van der Waals surface area contributed by atoms with Gasteiger partial charge >= 0.3 is 0 Å². The van der Waals surface area contributed by atoms with Crippen molar-refractivity contribution < 1.29 is 13.9 Å². The van der Waals surface area contributed by atoms with Crippen LogP contribution in [0.1, 0.15) is 0 Å². The summed E-state index contributed by atoms with van der Waals surface area (Å²) in [4.78, 5) is 0. The first-order chi connectivity index (χ1) is 7.93. The lowest BCUT2D eigenvalue weighted by Crippen LogP contribution is -1.99. The quantitative estimate of drug-likeness (QED) is 0.773. The molecular formula is C10H8ClF2N3O. The number of halogens is 3. The van der Waals surface area contributed by atoms with Gasteiger partial charge in [0.05, 0.1) is 22.3 Å². The molecular weight excluding hydrogens is 252 g/mol. The van der Waals surface area contributed by atoms with E-state index in [0.29, 0.717) is 6.07 Å². The Labute approximate surface area is 100 Å². The number of nitrogen functional groups attached to an aromatic ring is 1. The Morgan fingerprint density at radius 2 is 2.12 bits per heavy atom. The molecule has 1 aromatic carbocycles. The molecule has 0 fully saturated rings. The van der Waals surface area contributed by atoms with Gasteiger partial charge < -0.3 is 10.8 Å². The number of hydrogen-bond acceptors (Lipinski definition) is 3. The van der Waals surface area contributed by atoms with E-state index in [2.05, 4.69) is 5.10 Å². The average molecular weight is 260 g/mol. The number of hydrogen-bond donors (Lipinski definition) is 2. The number of phenolic OH excluding ortho intramolecular Hbond substituents is 1. The normalized spacial score (nSPS) is 10.8. The molecule has 0 aliphatic heterocycles. The summed E-state index contributed by atoms with van der Waals surface area (Å²) in [5, 5.41) is 13.2. The molecule has 0 amide bonds. The molecule has 0 atom stereocenters. The zero-order valence-electron chi connectivity index (χ0n) is 8.71. The number of aromatic nitrogens is 2. The molecule has 0 radical (unpaired) electrons. The van der Waals surface area contributed by atoms with Gasteiger partial charge in [-0.2, -0.15) is 5.10 Å². The van der Waals surface area contributed by atoms with Gasteiger partial charge in [0.25, 0.3) is 0 Å². The van der Waals surface area contributed by atoms with Gasteiger partial charge in [0.2, 0.25) is 0 Å². The maximum Gasteiger partial charge on any atom is 0.170 e. The number of phenols is 1. The van der Waals surface area contributed by atoms with Crippen LogP contribution in [0.3, 0.4) is 0 Å². The SMILES string of the molecule is Cn1ncc(-c2c(O)c(Cl)cc(F)c2F)c1N. The second-order valence-corrected chi connectivity index (χ2v) is 3.85. The number of aromatic hydroxyl groups is 1. The molecule has 0 aliphatic carbocycles. The topological polar surface area (TPSA) is 64.1 Å². The highest BCUT2D eigenvalue weighted by atomic mass is 35.5. The number of nitrogens with two attached hydrogens (primary N) is 1. The van der Waals surface area contributed by atoms with Gasteiger partial charge in [0, 0.05) is 7.05 Å². The Morgan fingerprint density at radius 1 is 1.47 bits per heavy atom. The Bertz CT molecular complexity index is 571. The summed E-state index contributed by atoms with van der Waals surface area (Å²) in [6.07, 6.45) is 1.23. The van der Waals surface area contributed by atoms with E-state index in [4.69, 9.17) is 17.3 Å². The van der Waals surface area contributed by atoms with Gasteiger partial charge in [-0.15, -0.1) is 0 Å². The summed E-state index contributed by atoms with van der Waals surface area (Å²) in [6.45, 7) is 0. The van der Waals surface area contributed by atoms with Crippen LogP contribution in [0.4, 0.5) is 14.6 Å². The third-order valence-electron chi connectivity index (χ3n) is 2.40. The summed E-state index contributed by atoms with van der Waals surface area (Å²) in [5.74, 6) is -2.84. The summed E-state index contributed by atoms with van der Waals surface area (Å²) >= 11 is 5.58. The van der Waals surface area contributed by atoms with Gasteiger partial charge in [-0.05, 0) is 6.07 Å². The number of nitrogens with zero attached hydrogens (tertiary/aromatic N) is 2. The molecule has 0 saturated heterocycles. The molecule has 90 valence electrons. The van der Waals surface area contributed by atoms with Gasteiger partial charge in [0.15, 0.2) is 11.6 Å². The molecule has 1 aromatic heterocycles. The van der Waals surface area contributed by atoms with Crippen molar-refractivity contribution in [3.05, 3.63) is 28.9 Å². The van der Waals surface area contributed by atoms with E-state index in [0.717, 1.165) is 0 Å². The van der Waals surface area contributed by atoms with Crippen LogP contribution in [0.5, 0.6) is 5.75 Å². The molecule has 0 aliphatic rings. The van der Waals surface area contributed by atoms with E-state index >= 15 is 0 Å². The smallest absolute Gasteiger partial charge is 0.170 e. The van der Waals surface area contributed by atoms with Crippen LogP contribution in [0.15, 0.2) is 12.3 Å². The van der Waals surface area contributed by atoms with Crippen molar-refractivity contribution in [2.24, 2.45) is 7.05 Å². The standard InChI is InChI=1S/C10H8ClF2N3O/c1-16-10(14)4(3-15-16)7-8(13)6(12)2-5(11)9(7)17/h2-3,17H,14H2,1H3. The van der Waals surface area contributed by atoms with Crippen LogP contribution < -0.4 is 5.73 Å². The highest BCUT2D eigenvalue weighted by Gasteiger charge is 2.22. The Balaban J connectivity index is 2.79. The molecule has 0 bridgehead atoms. The van der Waals surface area contributed by atoms with Crippen molar-refractivity contribution in [3.8, 4) is 16.9 Å². The van der Waals surface area contributed by atoms with E-state index in [1.54, 1.807) is 0 Å². The molecule has 1 heterocycles. The van der Waals surface area contributed by atoms with Crippen LogP contribution >= 0.6 is 11.6 Å². The molecule has 0 spiro atoms. The molecule has 0 unspecified atom stereocenters. The molecule has 0 saturated carbocycles. The Kier molecular flexibility index (Phi) is 2.66. The summed E-state index contributed by atoms with van der Waals surface area (Å²) in [5.41, 5.74) is 5.33. The highest BCUT2D eigenvalue weighted by Crippen LogP contribution is 2.40. The fraction of sp³-hybridized carbons (Fsp3) is 0.100. The highest BCUT2D eigenvalue weighted by molar-refractivity contribution is 6.32. The Hall–Kier alpha value is -1.82. The summed E-state index contributed by atoms with van der Waals surface area (Å²) in [7, 11) is 1.54. The van der Waals surface area contributed by atoms with Crippen molar-refractivity contribution in [3.63, 3.8) is 0 Å². The summed E-state index contributed by atoms with van der Waals surface area (Å²) < 4.78 is 28.1. The van der Waals surface area contributed by atoms with E-state index in [9.17, 15) is 13.9 Å². The number of rotatable bonds is 1. The third kappa shape index (κ3) is 1.70. The van der Waals surface area contributed by atoms with Crippen molar-refractivity contribution in [2.45, 2.75) is 0 Å². The molecule has 2 aromatic rings. The van der Waals surface area contributed by atoms with Crippen molar-refractivity contribution in [2.75, 3.05) is 5.73 Å². The predicted octanol–water partition coefficient (Wildman–Crippen LogP) is 2.31. The minimum atomic E-state index is -1.22. The first kappa shape index (κ1) is 11.7. The lowest BCUT2D eigenvalue weighted by Gasteiger charge is -2.08. The molecule has 7 heteroatoms.